The monoisotopic (exact) mass is 329 g/mol. The lowest BCUT2D eigenvalue weighted by Gasteiger charge is -2.11. The first kappa shape index (κ1) is 17.7. The van der Waals surface area contributed by atoms with E-state index < -0.39 is 0 Å². The second kappa shape index (κ2) is 9.45. The lowest BCUT2D eigenvalue weighted by atomic mass is 10.1. The summed E-state index contributed by atoms with van der Waals surface area (Å²) in [6, 6.07) is 15.2. The zero-order valence-corrected chi connectivity index (χ0v) is 14.1. The maximum absolute atomic E-state index is 11.8. The first-order valence-electron chi connectivity index (χ1n) is 7.89. The van der Waals surface area contributed by atoms with Crippen LogP contribution in [0.1, 0.15) is 12.0 Å². The summed E-state index contributed by atoms with van der Waals surface area (Å²) in [6.07, 6.45) is 1.68. The molecule has 0 aliphatic rings. The quantitative estimate of drug-likeness (QED) is 0.719. The van der Waals surface area contributed by atoms with Crippen molar-refractivity contribution in [3.05, 3.63) is 54.1 Å². The van der Waals surface area contributed by atoms with Gasteiger partial charge in [0.15, 0.2) is 18.1 Å². The maximum Gasteiger partial charge on any atom is 0.257 e. The Balaban J connectivity index is 1.70. The van der Waals surface area contributed by atoms with Crippen LogP contribution in [0.3, 0.4) is 0 Å². The van der Waals surface area contributed by atoms with Gasteiger partial charge in [0.25, 0.3) is 5.91 Å². The van der Waals surface area contributed by atoms with Gasteiger partial charge in [-0.2, -0.15) is 0 Å². The summed E-state index contributed by atoms with van der Waals surface area (Å²) in [5, 5.41) is 2.85. The number of amides is 1. The molecule has 1 amide bonds. The number of carbonyl (C=O) groups is 1. The van der Waals surface area contributed by atoms with Crippen molar-refractivity contribution in [3.63, 3.8) is 0 Å². The van der Waals surface area contributed by atoms with Gasteiger partial charge in [0.05, 0.1) is 14.2 Å². The molecule has 0 atom stereocenters. The highest BCUT2D eigenvalue weighted by atomic mass is 16.5. The van der Waals surface area contributed by atoms with E-state index >= 15 is 0 Å². The number of benzene rings is 2. The molecular weight excluding hydrogens is 306 g/mol. The van der Waals surface area contributed by atoms with Crippen LogP contribution in [0, 0.1) is 0 Å². The van der Waals surface area contributed by atoms with Crippen LogP contribution in [0.4, 0.5) is 0 Å². The Morgan fingerprint density at radius 1 is 0.917 bits per heavy atom. The topological polar surface area (TPSA) is 56.8 Å². The first-order valence-corrected chi connectivity index (χ1v) is 7.89. The third-order valence-corrected chi connectivity index (χ3v) is 3.57. The molecular formula is C19H23NO4. The molecule has 0 saturated heterocycles. The summed E-state index contributed by atoms with van der Waals surface area (Å²) in [6.45, 7) is 0.557. The Bertz CT molecular complexity index is 657. The number of hydrogen-bond donors (Lipinski definition) is 1. The van der Waals surface area contributed by atoms with Crippen molar-refractivity contribution in [2.75, 3.05) is 27.4 Å². The standard InChI is InChI=1S/C19H23NO4/c1-22-16-10-4-3-8-15(16)9-7-13-20-19(21)14-24-18-12-6-5-11-17(18)23-2/h3-6,8,10-12H,7,9,13-14H2,1-2H3,(H,20,21). The molecule has 1 N–H and O–H groups in total. The predicted octanol–water partition coefficient (Wildman–Crippen LogP) is 2.83. The zero-order valence-electron chi connectivity index (χ0n) is 14.1. The smallest absolute Gasteiger partial charge is 0.257 e. The fourth-order valence-corrected chi connectivity index (χ4v) is 2.35. The molecule has 0 aliphatic carbocycles. The van der Waals surface area contributed by atoms with Crippen molar-refractivity contribution in [2.24, 2.45) is 0 Å². The van der Waals surface area contributed by atoms with Gasteiger partial charge in [0.1, 0.15) is 5.75 Å². The summed E-state index contributed by atoms with van der Waals surface area (Å²) < 4.78 is 16.0. The molecule has 0 fully saturated rings. The first-order chi connectivity index (χ1) is 11.7. The van der Waals surface area contributed by atoms with E-state index in [4.69, 9.17) is 14.2 Å². The molecule has 0 aromatic heterocycles. The molecule has 0 heterocycles. The van der Waals surface area contributed by atoms with Gasteiger partial charge in [-0.1, -0.05) is 30.3 Å². The predicted molar refractivity (Wildman–Crippen MR) is 92.8 cm³/mol. The van der Waals surface area contributed by atoms with Crippen LogP contribution in [0.5, 0.6) is 17.2 Å². The SMILES string of the molecule is COc1ccccc1CCCNC(=O)COc1ccccc1OC. The molecule has 128 valence electrons. The molecule has 0 spiro atoms. The number of aryl methyl sites for hydroxylation is 1. The van der Waals surface area contributed by atoms with Crippen LogP contribution in [0.15, 0.2) is 48.5 Å². The second-order valence-corrected chi connectivity index (χ2v) is 5.20. The molecule has 2 aromatic rings. The minimum atomic E-state index is -0.152. The Morgan fingerprint density at radius 3 is 2.25 bits per heavy atom. The van der Waals surface area contributed by atoms with Gasteiger partial charge in [0, 0.05) is 6.54 Å². The van der Waals surface area contributed by atoms with Crippen molar-refractivity contribution in [1.29, 1.82) is 0 Å². The van der Waals surface area contributed by atoms with Gasteiger partial charge in [-0.25, -0.2) is 0 Å². The van der Waals surface area contributed by atoms with Crippen LogP contribution in [0.25, 0.3) is 0 Å². The van der Waals surface area contributed by atoms with Crippen molar-refractivity contribution < 1.29 is 19.0 Å². The molecule has 2 rings (SSSR count). The lowest BCUT2D eigenvalue weighted by molar-refractivity contribution is -0.123. The zero-order chi connectivity index (χ0) is 17.2. The van der Waals surface area contributed by atoms with Crippen molar-refractivity contribution in [2.45, 2.75) is 12.8 Å². The van der Waals surface area contributed by atoms with E-state index in [-0.39, 0.29) is 12.5 Å². The van der Waals surface area contributed by atoms with Gasteiger partial charge in [-0.05, 0) is 36.6 Å². The summed E-state index contributed by atoms with van der Waals surface area (Å²) in [7, 11) is 3.23. The number of carbonyl (C=O) groups excluding carboxylic acids is 1. The Morgan fingerprint density at radius 2 is 1.54 bits per heavy atom. The molecule has 0 unspecified atom stereocenters. The number of rotatable bonds is 9. The van der Waals surface area contributed by atoms with E-state index in [2.05, 4.69) is 5.32 Å². The van der Waals surface area contributed by atoms with Crippen LogP contribution >= 0.6 is 0 Å². The van der Waals surface area contributed by atoms with Crippen molar-refractivity contribution in [3.8, 4) is 17.2 Å². The van der Waals surface area contributed by atoms with Gasteiger partial charge in [0.2, 0.25) is 0 Å². The fourth-order valence-electron chi connectivity index (χ4n) is 2.35. The summed E-state index contributed by atoms with van der Waals surface area (Å²) >= 11 is 0. The fraction of sp³-hybridized carbons (Fsp3) is 0.316. The van der Waals surface area contributed by atoms with E-state index in [9.17, 15) is 4.79 Å². The van der Waals surface area contributed by atoms with Crippen LogP contribution in [-0.2, 0) is 11.2 Å². The minimum Gasteiger partial charge on any atom is -0.496 e. The summed E-state index contributed by atoms with van der Waals surface area (Å²) in [5.41, 5.74) is 1.14. The van der Waals surface area contributed by atoms with Crippen LogP contribution in [0.2, 0.25) is 0 Å². The van der Waals surface area contributed by atoms with Crippen LogP contribution < -0.4 is 19.5 Å². The lowest BCUT2D eigenvalue weighted by Crippen LogP contribution is -2.30. The van der Waals surface area contributed by atoms with Crippen molar-refractivity contribution >= 4 is 5.91 Å². The summed E-state index contributed by atoms with van der Waals surface area (Å²) in [5.74, 6) is 1.90. The maximum atomic E-state index is 11.8. The van der Waals surface area contributed by atoms with Gasteiger partial charge in [-0.15, -0.1) is 0 Å². The van der Waals surface area contributed by atoms with E-state index in [1.807, 2.05) is 36.4 Å². The third-order valence-electron chi connectivity index (χ3n) is 3.57. The van der Waals surface area contributed by atoms with Gasteiger partial charge in [-0.3, -0.25) is 4.79 Å². The molecule has 0 aliphatic heterocycles. The Hall–Kier alpha value is -2.69. The van der Waals surface area contributed by atoms with Gasteiger partial charge < -0.3 is 19.5 Å². The minimum absolute atomic E-state index is 0.0327. The normalized spacial score (nSPS) is 10.1. The van der Waals surface area contributed by atoms with E-state index in [0.717, 1.165) is 24.2 Å². The van der Waals surface area contributed by atoms with E-state index in [1.54, 1.807) is 26.4 Å². The average molecular weight is 329 g/mol. The molecule has 2 aromatic carbocycles. The van der Waals surface area contributed by atoms with Crippen molar-refractivity contribution in [1.82, 2.24) is 5.32 Å². The highest BCUT2D eigenvalue weighted by Crippen LogP contribution is 2.25. The highest BCUT2D eigenvalue weighted by molar-refractivity contribution is 5.77. The number of ether oxygens (including phenoxy) is 3. The van der Waals surface area contributed by atoms with E-state index in [1.165, 1.54) is 0 Å². The molecule has 0 saturated carbocycles. The molecule has 24 heavy (non-hydrogen) atoms. The van der Waals surface area contributed by atoms with Gasteiger partial charge >= 0.3 is 0 Å². The average Bonchev–Trinajstić information content (AvgIpc) is 2.64. The number of para-hydroxylation sites is 3. The largest absolute Gasteiger partial charge is 0.496 e. The number of hydrogen-bond acceptors (Lipinski definition) is 4. The molecule has 5 heteroatoms. The second-order valence-electron chi connectivity index (χ2n) is 5.20. The molecule has 5 nitrogen and oxygen atoms in total. The van der Waals surface area contributed by atoms with E-state index in [0.29, 0.717) is 18.0 Å². The number of nitrogens with one attached hydrogen (secondary N) is 1. The summed E-state index contributed by atoms with van der Waals surface area (Å²) in [4.78, 5) is 11.8. The molecule has 0 bridgehead atoms. The Kier molecular flexibility index (Phi) is 6.95. The highest BCUT2D eigenvalue weighted by Gasteiger charge is 2.07. The number of methoxy groups -OCH3 is 2. The Labute approximate surface area is 142 Å². The molecule has 0 radical (unpaired) electrons. The third kappa shape index (κ3) is 5.19. The van der Waals surface area contributed by atoms with Crippen LogP contribution in [-0.4, -0.2) is 33.3 Å².